The molecule has 2 aromatic rings. The maximum absolute atomic E-state index is 4.72. The Hall–Kier alpha value is -1.65. The molecule has 1 aromatic carbocycles. The monoisotopic (exact) mass is 270 g/mol. The fourth-order valence-corrected chi connectivity index (χ4v) is 2.82. The molecule has 0 atom stereocenters. The fraction of sp³-hybridized carbons (Fsp3) is 0.438. The topological polar surface area (TPSA) is 33.1 Å². The molecule has 3 rings (SSSR count). The second kappa shape index (κ2) is 5.77. The number of rotatable bonds is 3. The van der Waals surface area contributed by atoms with Gasteiger partial charge in [-0.1, -0.05) is 18.2 Å². The highest BCUT2D eigenvalue weighted by molar-refractivity contribution is 5.36. The maximum atomic E-state index is 4.72. The highest BCUT2D eigenvalue weighted by atomic mass is 15.3. The Morgan fingerprint density at radius 3 is 2.50 bits per heavy atom. The molecule has 0 spiro atoms. The summed E-state index contributed by atoms with van der Waals surface area (Å²) in [7, 11) is 0. The van der Waals surface area contributed by atoms with Crippen LogP contribution in [-0.2, 0) is 6.54 Å². The van der Waals surface area contributed by atoms with Crippen molar-refractivity contribution in [3.63, 3.8) is 0 Å². The molecule has 1 aliphatic rings. The molecular weight excluding hydrogens is 248 g/mol. The van der Waals surface area contributed by atoms with Gasteiger partial charge in [0.1, 0.15) is 0 Å². The second-order valence-corrected chi connectivity index (χ2v) is 5.42. The molecule has 0 unspecified atom stereocenters. The molecule has 106 valence electrons. The lowest BCUT2D eigenvalue weighted by Crippen LogP contribution is -2.43. The molecule has 1 fully saturated rings. The summed E-state index contributed by atoms with van der Waals surface area (Å²) in [6.45, 7) is 9.71. The van der Waals surface area contributed by atoms with Crippen LogP contribution in [0.15, 0.2) is 30.3 Å². The maximum Gasteiger partial charge on any atom is 0.0648 e. The van der Waals surface area contributed by atoms with E-state index in [9.17, 15) is 0 Å². The Balaban J connectivity index is 1.87. The molecule has 0 aliphatic carbocycles. The number of piperazine rings is 1. The molecule has 0 bridgehead atoms. The van der Waals surface area contributed by atoms with Crippen molar-refractivity contribution in [1.82, 2.24) is 20.0 Å². The Labute approximate surface area is 120 Å². The molecule has 20 heavy (non-hydrogen) atoms. The van der Waals surface area contributed by atoms with Crippen molar-refractivity contribution in [3.8, 4) is 5.69 Å². The van der Waals surface area contributed by atoms with Crippen LogP contribution in [0, 0.1) is 13.8 Å². The third-order valence-corrected chi connectivity index (χ3v) is 4.03. The number of hydrogen-bond donors (Lipinski definition) is 1. The van der Waals surface area contributed by atoms with Gasteiger partial charge in [0, 0.05) is 44.0 Å². The molecule has 1 saturated heterocycles. The summed E-state index contributed by atoms with van der Waals surface area (Å²) in [5, 5.41) is 8.12. The molecule has 4 heteroatoms. The van der Waals surface area contributed by atoms with Crippen LogP contribution in [0.5, 0.6) is 0 Å². The van der Waals surface area contributed by atoms with Crippen molar-refractivity contribution >= 4 is 0 Å². The van der Waals surface area contributed by atoms with Gasteiger partial charge in [-0.2, -0.15) is 5.10 Å². The number of benzene rings is 1. The number of nitrogens with one attached hydrogen (secondary N) is 1. The predicted molar refractivity (Wildman–Crippen MR) is 81.2 cm³/mol. The van der Waals surface area contributed by atoms with E-state index < -0.39 is 0 Å². The van der Waals surface area contributed by atoms with Gasteiger partial charge in [0.05, 0.1) is 11.4 Å². The van der Waals surface area contributed by atoms with Crippen LogP contribution in [-0.4, -0.2) is 40.9 Å². The molecule has 0 radical (unpaired) electrons. The Kier molecular flexibility index (Phi) is 3.85. The molecular formula is C16H22N4. The largest absolute Gasteiger partial charge is 0.314 e. The average molecular weight is 270 g/mol. The van der Waals surface area contributed by atoms with Gasteiger partial charge >= 0.3 is 0 Å². The van der Waals surface area contributed by atoms with Gasteiger partial charge in [0.25, 0.3) is 0 Å². The molecule has 0 saturated carbocycles. The van der Waals surface area contributed by atoms with E-state index in [4.69, 9.17) is 5.10 Å². The summed E-state index contributed by atoms with van der Waals surface area (Å²) in [6, 6.07) is 10.4. The van der Waals surface area contributed by atoms with E-state index in [1.807, 2.05) is 6.07 Å². The first-order chi connectivity index (χ1) is 9.75. The van der Waals surface area contributed by atoms with Gasteiger partial charge in [-0.15, -0.1) is 0 Å². The molecule has 0 amide bonds. The quantitative estimate of drug-likeness (QED) is 0.924. The van der Waals surface area contributed by atoms with E-state index in [0.29, 0.717) is 0 Å². The fourth-order valence-electron chi connectivity index (χ4n) is 2.82. The Morgan fingerprint density at radius 1 is 1.10 bits per heavy atom. The standard InChI is InChI=1S/C16H22N4/c1-13-16(12-19-10-8-17-9-11-19)14(2)20(18-13)15-6-4-3-5-7-15/h3-7,17H,8-12H2,1-2H3. The summed E-state index contributed by atoms with van der Waals surface area (Å²) in [4.78, 5) is 2.50. The lowest BCUT2D eigenvalue weighted by molar-refractivity contribution is 0.232. The molecule has 2 heterocycles. The van der Waals surface area contributed by atoms with E-state index in [1.165, 1.54) is 11.3 Å². The van der Waals surface area contributed by atoms with Crippen LogP contribution >= 0.6 is 0 Å². The van der Waals surface area contributed by atoms with Crippen molar-refractivity contribution in [1.29, 1.82) is 0 Å². The van der Waals surface area contributed by atoms with Crippen molar-refractivity contribution in [3.05, 3.63) is 47.3 Å². The number of para-hydroxylation sites is 1. The summed E-state index contributed by atoms with van der Waals surface area (Å²) in [5.74, 6) is 0. The SMILES string of the molecule is Cc1nn(-c2ccccc2)c(C)c1CN1CCNCC1. The lowest BCUT2D eigenvalue weighted by atomic mass is 10.1. The normalized spacial score (nSPS) is 16.5. The van der Waals surface area contributed by atoms with Gasteiger partial charge < -0.3 is 5.32 Å². The van der Waals surface area contributed by atoms with Crippen molar-refractivity contribution in [2.75, 3.05) is 26.2 Å². The van der Waals surface area contributed by atoms with Crippen molar-refractivity contribution < 1.29 is 0 Å². The third-order valence-electron chi connectivity index (χ3n) is 4.03. The van der Waals surface area contributed by atoms with Gasteiger partial charge in [0.2, 0.25) is 0 Å². The molecule has 1 aromatic heterocycles. The number of hydrogen-bond acceptors (Lipinski definition) is 3. The lowest BCUT2D eigenvalue weighted by Gasteiger charge is -2.27. The smallest absolute Gasteiger partial charge is 0.0648 e. The van der Waals surface area contributed by atoms with Crippen LogP contribution in [0.1, 0.15) is 17.0 Å². The highest BCUT2D eigenvalue weighted by Crippen LogP contribution is 2.19. The van der Waals surface area contributed by atoms with E-state index >= 15 is 0 Å². The minimum absolute atomic E-state index is 1.01. The van der Waals surface area contributed by atoms with E-state index in [-0.39, 0.29) is 0 Å². The molecule has 4 nitrogen and oxygen atoms in total. The van der Waals surface area contributed by atoms with Gasteiger partial charge in [-0.25, -0.2) is 4.68 Å². The van der Waals surface area contributed by atoms with Crippen LogP contribution in [0.4, 0.5) is 0 Å². The number of nitrogens with zero attached hydrogens (tertiary/aromatic N) is 3. The van der Waals surface area contributed by atoms with Crippen LogP contribution in [0.2, 0.25) is 0 Å². The second-order valence-electron chi connectivity index (χ2n) is 5.42. The van der Waals surface area contributed by atoms with Crippen LogP contribution < -0.4 is 5.32 Å². The van der Waals surface area contributed by atoms with Crippen molar-refractivity contribution in [2.45, 2.75) is 20.4 Å². The third kappa shape index (κ3) is 2.62. The van der Waals surface area contributed by atoms with Gasteiger partial charge in [-0.05, 0) is 26.0 Å². The Bertz CT molecular complexity index is 568. The zero-order valence-corrected chi connectivity index (χ0v) is 12.3. The first kappa shape index (κ1) is 13.3. The van der Waals surface area contributed by atoms with Crippen molar-refractivity contribution in [2.24, 2.45) is 0 Å². The van der Waals surface area contributed by atoms with Gasteiger partial charge in [-0.3, -0.25) is 4.90 Å². The predicted octanol–water partition coefficient (Wildman–Crippen LogP) is 1.89. The molecule has 1 N–H and O–H groups in total. The first-order valence-electron chi connectivity index (χ1n) is 7.29. The first-order valence-corrected chi connectivity index (χ1v) is 7.29. The van der Waals surface area contributed by atoms with Crippen LogP contribution in [0.3, 0.4) is 0 Å². The van der Waals surface area contributed by atoms with E-state index in [2.05, 4.69) is 53.0 Å². The summed E-state index contributed by atoms with van der Waals surface area (Å²) in [5.41, 5.74) is 4.91. The summed E-state index contributed by atoms with van der Waals surface area (Å²) in [6.07, 6.45) is 0. The summed E-state index contributed by atoms with van der Waals surface area (Å²) < 4.78 is 2.06. The van der Waals surface area contributed by atoms with E-state index in [1.54, 1.807) is 0 Å². The van der Waals surface area contributed by atoms with Gasteiger partial charge in [0.15, 0.2) is 0 Å². The summed E-state index contributed by atoms with van der Waals surface area (Å²) >= 11 is 0. The number of aromatic nitrogens is 2. The molecule has 1 aliphatic heterocycles. The van der Waals surface area contributed by atoms with Crippen LogP contribution in [0.25, 0.3) is 5.69 Å². The number of aryl methyl sites for hydroxylation is 1. The zero-order chi connectivity index (χ0) is 13.9. The Morgan fingerprint density at radius 2 is 1.80 bits per heavy atom. The minimum Gasteiger partial charge on any atom is -0.314 e. The average Bonchev–Trinajstić information content (AvgIpc) is 2.77. The minimum atomic E-state index is 1.01. The zero-order valence-electron chi connectivity index (χ0n) is 12.3. The van der Waals surface area contributed by atoms with E-state index in [0.717, 1.165) is 44.1 Å². The highest BCUT2D eigenvalue weighted by Gasteiger charge is 2.17.